The Labute approximate surface area is 142 Å². The molecule has 0 saturated heterocycles. The second kappa shape index (κ2) is 6.35. The van der Waals surface area contributed by atoms with Gasteiger partial charge in [0.05, 0.1) is 23.2 Å². The summed E-state index contributed by atoms with van der Waals surface area (Å²) in [6.07, 6.45) is 2.12. The van der Waals surface area contributed by atoms with Crippen molar-refractivity contribution in [3.63, 3.8) is 0 Å². The highest BCUT2D eigenvalue weighted by Crippen LogP contribution is 2.35. The average Bonchev–Trinajstić information content (AvgIpc) is 2.87. The van der Waals surface area contributed by atoms with E-state index < -0.39 is 0 Å². The molecule has 0 radical (unpaired) electrons. The number of nitrogens with one attached hydrogen (secondary N) is 1. The predicted octanol–water partition coefficient (Wildman–Crippen LogP) is 3.64. The number of aliphatic hydroxyl groups excluding tert-OH is 1. The molecule has 0 spiro atoms. The summed E-state index contributed by atoms with van der Waals surface area (Å²) in [5.41, 5.74) is 2.23. The zero-order valence-electron chi connectivity index (χ0n) is 12.4. The van der Waals surface area contributed by atoms with Crippen molar-refractivity contribution in [2.24, 2.45) is 0 Å². The second-order valence-electron chi connectivity index (χ2n) is 5.23. The second-order valence-corrected chi connectivity index (χ2v) is 6.07. The Morgan fingerprint density at radius 3 is 2.61 bits per heavy atom. The van der Waals surface area contributed by atoms with Crippen molar-refractivity contribution in [1.29, 1.82) is 0 Å². The minimum atomic E-state index is -0.345. The summed E-state index contributed by atoms with van der Waals surface area (Å²) < 4.78 is 1.53. The van der Waals surface area contributed by atoms with Crippen LogP contribution in [-0.4, -0.2) is 26.2 Å². The first kappa shape index (κ1) is 16.1. The van der Waals surface area contributed by atoms with Crippen LogP contribution in [0.1, 0.15) is 19.4 Å². The molecule has 3 aromatic rings. The van der Waals surface area contributed by atoms with Gasteiger partial charge in [0, 0.05) is 16.8 Å². The van der Waals surface area contributed by atoms with Crippen LogP contribution in [0.15, 0.2) is 35.3 Å². The lowest BCUT2D eigenvalue weighted by Crippen LogP contribution is -2.24. The van der Waals surface area contributed by atoms with Gasteiger partial charge in [-0.15, -0.1) is 0 Å². The maximum Gasteiger partial charge on any atom is 0.328 e. The van der Waals surface area contributed by atoms with Crippen LogP contribution >= 0.6 is 23.2 Å². The lowest BCUT2D eigenvalue weighted by molar-refractivity contribution is 0.225. The Kier molecular flexibility index (Phi) is 4.43. The number of aromatic nitrogens is 3. The van der Waals surface area contributed by atoms with Crippen molar-refractivity contribution >= 4 is 34.4 Å². The van der Waals surface area contributed by atoms with Crippen LogP contribution in [0.25, 0.3) is 22.3 Å². The molecule has 0 saturated carbocycles. The van der Waals surface area contributed by atoms with Crippen LogP contribution < -0.4 is 5.69 Å². The van der Waals surface area contributed by atoms with E-state index in [-0.39, 0.29) is 18.3 Å². The van der Waals surface area contributed by atoms with Crippen molar-refractivity contribution in [3.8, 4) is 11.1 Å². The normalized spacial score (nSPS) is 12.7. The number of H-pyrrole nitrogens is 1. The number of rotatable bonds is 4. The first-order valence-electron chi connectivity index (χ1n) is 7.22. The molecule has 0 amide bonds. The van der Waals surface area contributed by atoms with Crippen LogP contribution in [0.5, 0.6) is 0 Å². The Morgan fingerprint density at radius 2 is 2.00 bits per heavy atom. The molecule has 3 rings (SSSR count). The fourth-order valence-electron chi connectivity index (χ4n) is 2.70. The highest BCUT2D eigenvalue weighted by molar-refractivity contribution is 6.34. The SMILES string of the molecule is CC[C@@H](CO)n1c(=O)[nH]c2ncc(Cl)c(-c3ccc(Cl)cc3)c21. The monoisotopic (exact) mass is 351 g/mol. The maximum atomic E-state index is 12.3. The Morgan fingerprint density at radius 1 is 1.30 bits per heavy atom. The Hall–Kier alpha value is -1.82. The van der Waals surface area contributed by atoms with Gasteiger partial charge in [-0.2, -0.15) is 0 Å². The molecule has 5 nitrogen and oxygen atoms in total. The predicted molar refractivity (Wildman–Crippen MR) is 92.2 cm³/mol. The summed E-state index contributed by atoms with van der Waals surface area (Å²) in [4.78, 5) is 19.3. The Bertz CT molecular complexity index is 896. The van der Waals surface area contributed by atoms with E-state index in [1.807, 2.05) is 19.1 Å². The minimum absolute atomic E-state index is 0.143. The van der Waals surface area contributed by atoms with Crippen molar-refractivity contribution in [1.82, 2.24) is 14.5 Å². The standard InChI is InChI=1S/C16H15Cl2N3O2/c1-2-11(8-22)21-14-13(9-3-5-10(17)6-4-9)12(18)7-19-15(14)20-16(21)23/h3-7,11,22H,2,8H2,1H3,(H,19,20,23)/t11-/m0/s1. The molecule has 0 aliphatic rings. The van der Waals surface area contributed by atoms with E-state index in [4.69, 9.17) is 23.2 Å². The molecule has 0 unspecified atom stereocenters. The summed E-state index contributed by atoms with van der Waals surface area (Å²) in [5, 5.41) is 10.6. The van der Waals surface area contributed by atoms with Gasteiger partial charge in [-0.25, -0.2) is 9.78 Å². The fourth-order valence-corrected chi connectivity index (χ4v) is 3.07. The van der Waals surface area contributed by atoms with Crippen LogP contribution in [0.3, 0.4) is 0 Å². The van der Waals surface area contributed by atoms with Crippen molar-refractivity contribution < 1.29 is 5.11 Å². The molecule has 1 atom stereocenters. The zero-order chi connectivity index (χ0) is 16.6. The minimum Gasteiger partial charge on any atom is -0.394 e. The molecule has 7 heteroatoms. The average molecular weight is 352 g/mol. The summed E-state index contributed by atoms with van der Waals surface area (Å²) in [5.74, 6) is 0. The van der Waals surface area contributed by atoms with Gasteiger partial charge in [0.1, 0.15) is 0 Å². The lowest BCUT2D eigenvalue weighted by Gasteiger charge is -2.16. The molecule has 2 N–H and O–H groups in total. The molecule has 23 heavy (non-hydrogen) atoms. The van der Waals surface area contributed by atoms with Gasteiger partial charge in [-0.3, -0.25) is 9.55 Å². The van der Waals surface area contributed by atoms with Crippen LogP contribution in [0.2, 0.25) is 10.0 Å². The van der Waals surface area contributed by atoms with E-state index in [2.05, 4.69) is 9.97 Å². The number of pyridine rings is 1. The molecular formula is C16H15Cl2N3O2. The highest BCUT2D eigenvalue weighted by Gasteiger charge is 2.21. The number of imidazole rings is 1. The lowest BCUT2D eigenvalue weighted by atomic mass is 10.1. The van der Waals surface area contributed by atoms with Gasteiger partial charge in [0.25, 0.3) is 0 Å². The van der Waals surface area contributed by atoms with E-state index in [1.165, 1.54) is 10.8 Å². The molecule has 0 fully saturated rings. The van der Waals surface area contributed by atoms with Gasteiger partial charge >= 0.3 is 5.69 Å². The van der Waals surface area contributed by atoms with Gasteiger partial charge in [-0.1, -0.05) is 42.3 Å². The molecule has 2 aromatic heterocycles. The Balaban J connectivity index is 2.38. The van der Waals surface area contributed by atoms with Gasteiger partial charge in [-0.05, 0) is 24.1 Å². The quantitative estimate of drug-likeness (QED) is 0.753. The number of hydrogen-bond acceptors (Lipinski definition) is 3. The number of nitrogens with zero attached hydrogens (tertiary/aromatic N) is 2. The third-order valence-electron chi connectivity index (χ3n) is 3.87. The number of fused-ring (bicyclic) bond motifs is 1. The van der Waals surface area contributed by atoms with Crippen LogP contribution in [-0.2, 0) is 0 Å². The maximum absolute atomic E-state index is 12.3. The van der Waals surface area contributed by atoms with Crippen molar-refractivity contribution in [2.75, 3.05) is 6.61 Å². The molecule has 120 valence electrons. The molecule has 1 aromatic carbocycles. The topological polar surface area (TPSA) is 70.9 Å². The summed E-state index contributed by atoms with van der Waals surface area (Å²) >= 11 is 12.3. The van der Waals surface area contributed by atoms with Gasteiger partial charge < -0.3 is 5.11 Å². The summed E-state index contributed by atoms with van der Waals surface area (Å²) in [6.45, 7) is 1.77. The third-order valence-corrected chi connectivity index (χ3v) is 4.41. The number of hydrogen-bond donors (Lipinski definition) is 2. The molecule has 0 bridgehead atoms. The van der Waals surface area contributed by atoms with Gasteiger partial charge in [0.2, 0.25) is 0 Å². The number of aliphatic hydroxyl groups is 1. The van der Waals surface area contributed by atoms with E-state index in [9.17, 15) is 9.90 Å². The summed E-state index contributed by atoms with van der Waals surface area (Å²) in [6, 6.07) is 6.85. The highest BCUT2D eigenvalue weighted by atomic mass is 35.5. The largest absolute Gasteiger partial charge is 0.394 e. The number of aromatic amines is 1. The summed E-state index contributed by atoms with van der Waals surface area (Å²) in [7, 11) is 0. The van der Waals surface area contributed by atoms with E-state index in [1.54, 1.807) is 12.1 Å². The fraction of sp³-hybridized carbons (Fsp3) is 0.250. The van der Waals surface area contributed by atoms with E-state index in [0.717, 1.165) is 5.56 Å². The zero-order valence-corrected chi connectivity index (χ0v) is 13.9. The molecular weight excluding hydrogens is 337 g/mol. The number of benzene rings is 1. The van der Waals surface area contributed by atoms with Crippen LogP contribution in [0.4, 0.5) is 0 Å². The number of halogens is 2. The van der Waals surface area contributed by atoms with Gasteiger partial charge in [0.15, 0.2) is 5.65 Å². The molecule has 0 aliphatic carbocycles. The van der Waals surface area contributed by atoms with E-state index >= 15 is 0 Å². The first-order chi connectivity index (χ1) is 11.1. The molecule has 0 aliphatic heterocycles. The third kappa shape index (κ3) is 2.76. The molecule has 2 heterocycles. The smallest absolute Gasteiger partial charge is 0.328 e. The van der Waals surface area contributed by atoms with Crippen molar-refractivity contribution in [2.45, 2.75) is 19.4 Å². The van der Waals surface area contributed by atoms with Crippen molar-refractivity contribution in [3.05, 3.63) is 51.0 Å². The first-order valence-corrected chi connectivity index (χ1v) is 7.98. The van der Waals surface area contributed by atoms with E-state index in [0.29, 0.717) is 33.2 Å². The van der Waals surface area contributed by atoms with Crippen LogP contribution in [0, 0.1) is 0 Å².